The topological polar surface area (TPSA) is 17.8 Å². The van der Waals surface area contributed by atoms with E-state index in [0.717, 1.165) is 29.2 Å². The second-order valence-electron chi connectivity index (χ2n) is 8.55. The van der Waals surface area contributed by atoms with Crippen molar-refractivity contribution >= 4 is 10.9 Å². The number of fused-ring (bicyclic) bond motifs is 1. The van der Waals surface area contributed by atoms with Gasteiger partial charge in [0, 0.05) is 10.9 Å². The van der Waals surface area contributed by atoms with Crippen molar-refractivity contribution in [2.45, 2.75) is 26.1 Å². The van der Waals surface area contributed by atoms with Gasteiger partial charge in [-0.05, 0) is 36.1 Å². The van der Waals surface area contributed by atoms with Crippen molar-refractivity contribution in [2.24, 2.45) is 0 Å². The summed E-state index contributed by atoms with van der Waals surface area (Å²) < 4.78 is 42.9. The van der Waals surface area contributed by atoms with Crippen LogP contribution in [0.4, 0.5) is 13.2 Å². The quantitative estimate of drug-likeness (QED) is 0.265. The number of benzene rings is 4. The fraction of sp³-hybridized carbons (Fsp3) is 0.138. The first-order valence-corrected chi connectivity index (χ1v) is 11.1. The van der Waals surface area contributed by atoms with Gasteiger partial charge < -0.3 is 0 Å². The van der Waals surface area contributed by atoms with Crippen molar-refractivity contribution in [2.75, 3.05) is 0 Å². The molecule has 0 saturated heterocycles. The van der Waals surface area contributed by atoms with Crippen LogP contribution in [0, 0.1) is 6.92 Å². The zero-order chi connectivity index (χ0) is 23.7. The summed E-state index contributed by atoms with van der Waals surface area (Å²) in [5.74, 6) is 0. The van der Waals surface area contributed by atoms with Gasteiger partial charge in [-0.2, -0.15) is 18.3 Å². The highest BCUT2D eigenvalue weighted by molar-refractivity contribution is 5.95. The molecule has 0 atom stereocenters. The van der Waals surface area contributed by atoms with Crippen LogP contribution in [0.5, 0.6) is 0 Å². The molecule has 0 spiro atoms. The number of hydrogen-bond acceptors (Lipinski definition) is 1. The molecular weight excluding hydrogens is 433 g/mol. The summed E-state index contributed by atoms with van der Waals surface area (Å²) in [5.41, 5.74) is 5.34. The minimum Gasteiger partial charge on any atom is -0.259 e. The molecule has 0 radical (unpaired) electrons. The Balaban J connectivity index is 1.59. The molecule has 5 rings (SSSR count). The SMILES string of the molecule is Cc1cccc(Cc2ccc(-c3c4cccc(C(F)(F)F)c4nn3Cc3ccccc3)cc2)c1. The van der Waals surface area contributed by atoms with Crippen LogP contribution in [0.15, 0.2) is 97.1 Å². The van der Waals surface area contributed by atoms with Gasteiger partial charge in [0.2, 0.25) is 0 Å². The first-order chi connectivity index (χ1) is 16.4. The van der Waals surface area contributed by atoms with Crippen LogP contribution >= 0.6 is 0 Å². The second-order valence-corrected chi connectivity index (χ2v) is 8.55. The molecule has 4 aromatic carbocycles. The van der Waals surface area contributed by atoms with E-state index in [-0.39, 0.29) is 5.52 Å². The number of nitrogens with zero attached hydrogens (tertiary/aromatic N) is 2. The highest BCUT2D eigenvalue weighted by Crippen LogP contribution is 2.38. The lowest BCUT2D eigenvalue weighted by molar-refractivity contribution is -0.136. The van der Waals surface area contributed by atoms with Gasteiger partial charge in [-0.15, -0.1) is 0 Å². The second kappa shape index (κ2) is 8.82. The zero-order valence-corrected chi connectivity index (χ0v) is 18.7. The van der Waals surface area contributed by atoms with Gasteiger partial charge in [-0.3, -0.25) is 4.68 Å². The van der Waals surface area contributed by atoms with Gasteiger partial charge in [-0.25, -0.2) is 0 Å². The standard InChI is InChI=1S/C29H23F3N2/c1-20-7-5-10-23(17-20)18-21-13-15-24(16-14-21)28-25-11-6-12-26(29(30,31)32)27(25)33-34(28)19-22-8-3-2-4-9-22/h2-17H,18-19H2,1H3. The first-order valence-electron chi connectivity index (χ1n) is 11.1. The van der Waals surface area contributed by atoms with E-state index in [1.807, 2.05) is 60.7 Å². The van der Waals surface area contributed by atoms with E-state index in [4.69, 9.17) is 0 Å². The third-order valence-electron chi connectivity index (χ3n) is 5.97. The maximum absolute atomic E-state index is 13.7. The Bertz CT molecular complexity index is 1430. The molecule has 0 aliphatic carbocycles. The largest absolute Gasteiger partial charge is 0.418 e. The lowest BCUT2D eigenvalue weighted by Crippen LogP contribution is -2.06. The highest BCUT2D eigenvalue weighted by Gasteiger charge is 2.34. The van der Waals surface area contributed by atoms with Gasteiger partial charge >= 0.3 is 6.18 Å². The van der Waals surface area contributed by atoms with Crippen LogP contribution in [0.1, 0.15) is 27.8 Å². The Morgan fingerprint density at radius 3 is 2.15 bits per heavy atom. The molecule has 0 aliphatic heterocycles. The number of alkyl halides is 3. The van der Waals surface area contributed by atoms with Crippen LogP contribution in [0.2, 0.25) is 0 Å². The number of rotatable bonds is 5. The molecule has 170 valence electrons. The molecule has 0 saturated carbocycles. The molecule has 2 nitrogen and oxygen atoms in total. The van der Waals surface area contributed by atoms with Crippen LogP contribution < -0.4 is 0 Å². The van der Waals surface area contributed by atoms with E-state index in [1.165, 1.54) is 17.2 Å². The van der Waals surface area contributed by atoms with Crippen molar-refractivity contribution in [3.63, 3.8) is 0 Å². The Morgan fingerprint density at radius 1 is 0.735 bits per heavy atom. The summed E-state index contributed by atoms with van der Waals surface area (Å²) in [4.78, 5) is 0. The van der Waals surface area contributed by atoms with E-state index < -0.39 is 11.7 Å². The average molecular weight is 457 g/mol. The van der Waals surface area contributed by atoms with Gasteiger partial charge in [0.05, 0.1) is 17.8 Å². The Labute approximate surface area is 196 Å². The Kier molecular flexibility index (Phi) is 5.70. The minimum absolute atomic E-state index is 0.0234. The van der Waals surface area contributed by atoms with Crippen molar-refractivity contribution < 1.29 is 13.2 Å². The van der Waals surface area contributed by atoms with Crippen molar-refractivity contribution in [3.05, 3.63) is 125 Å². The molecule has 0 aliphatic rings. The molecule has 5 heteroatoms. The fourth-order valence-electron chi connectivity index (χ4n) is 4.39. The van der Waals surface area contributed by atoms with Gasteiger partial charge in [0.1, 0.15) is 5.52 Å². The average Bonchev–Trinajstić information content (AvgIpc) is 3.17. The van der Waals surface area contributed by atoms with Crippen molar-refractivity contribution in [3.8, 4) is 11.3 Å². The minimum atomic E-state index is -4.47. The molecule has 0 amide bonds. The molecule has 1 heterocycles. The van der Waals surface area contributed by atoms with Crippen LogP contribution in [0.3, 0.4) is 0 Å². The lowest BCUT2D eigenvalue weighted by Gasteiger charge is -2.10. The van der Waals surface area contributed by atoms with E-state index >= 15 is 0 Å². The van der Waals surface area contributed by atoms with Crippen LogP contribution in [-0.4, -0.2) is 9.78 Å². The molecule has 5 aromatic rings. The third-order valence-corrected chi connectivity index (χ3v) is 5.97. The summed E-state index contributed by atoms with van der Waals surface area (Å²) in [6.45, 7) is 2.45. The van der Waals surface area contributed by atoms with Crippen LogP contribution in [-0.2, 0) is 19.1 Å². The molecule has 34 heavy (non-hydrogen) atoms. The van der Waals surface area contributed by atoms with E-state index in [1.54, 1.807) is 10.7 Å². The molecule has 1 aromatic heterocycles. The molecule has 0 unspecified atom stereocenters. The van der Waals surface area contributed by atoms with Gasteiger partial charge in [0.25, 0.3) is 0 Å². The maximum atomic E-state index is 13.7. The van der Waals surface area contributed by atoms with Crippen molar-refractivity contribution in [1.29, 1.82) is 0 Å². The third kappa shape index (κ3) is 4.46. The monoisotopic (exact) mass is 456 g/mol. The molecule has 0 N–H and O–H groups in total. The predicted molar refractivity (Wildman–Crippen MR) is 130 cm³/mol. The Morgan fingerprint density at radius 2 is 1.44 bits per heavy atom. The fourth-order valence-corrected chi connectivity index (χ4v) is 4.39. The number of hydrogen-bond donors (Lipinski definition) is 0. The van der Waals surface area contributed by atoms with Gasteiger partial charge in [0.15, 0.2) is 0 Å². The van der Waals surface area contributed by atoms with E-state index in [0.29, 0.717) is 17.6 Å². The zero-order valence-electron chi connectivity index (χ0n) is 18.7. The molecular formula is C29H23F3N2. The summed E-state index contributed by atoms with van der Waals surface area (Å²) in [7, 11) is 0. The molecule has 0 fully saturated rings. The van der Waals surface area contributed by atoms with Crippen LogP contribution in [0.25, 0.3) is 22.2 Å². The summed E-state index contributed by atoms with van der Waals surface area (Å²) in [6, 6.07) is 30.3. The number of halogens is 3. The summed E-state index contributed by atoms with van der Waals surface area (Å²) in [5, 5.41) is 4.94. The van der Waals surface area contributed by atoms with Gasteiger partial charge in [-0.1, -0.05) is 96.6 Å². The predicted octanol–water partition coefficient (Wildman–Crippen LogP) is 7.67. The first kappa shape index (κ1) is 22.0. The summed E-state index contributed by atoms with van der Waals surface area (Å²) >= 11 is 0. The van der Waals surface area contributed by atoms with E-state index in [2.05, 4.69) is 30.2 Å². The summed E-state index contributed by atoms with van der Waals surface area (Å²) in [6.07, 6.45) is -3.68. The van der Waals surface area contributed by atoms with E-state index in [9.17, 15) is 13.2 Å². The normalized spacial score (nSPS) is 11.8. The highest BCUT2D eigenvalue weighted by atomic mass is 19.4. The lowest BCUT2D eigenvalue weighted by atomic mass is 10.00. The number of aryl methyl sites for hydroxylation is 1. The molecule has 0 bridgehead atoms. The Hall–Kier alpha value is -3.86. The maximum Gasteiger partial charge on any atom is 0.418 e. The van der Waals surface area contributed by atoms with Crippen molar-refractivity contribution in [1.82, 2.24) is 9.78 Å². The number of aromatic nitrogens is 2. The smallest absolute Gasteiger partial charge is 0.259 e.